The average molecular weight is 500 g/mol. The maximum absolute atomic E-state index is 12.8. The normalized spacial score (nSPS) is 11.7. The summed E-state index contributed by atoms with van der Waals surface area (Å²) in [4.78, 5) is 15.0. The van der Waals surface area contributed by atoms with Crippen molar-refractivity contribution < 1.29 is 9.53 Å². The number of hydrogen-bond donors (Lipinski definition) is 0. The van der Waals surface area contributed by atoms with Crippen LogP contribution in [0.4, 0.5) is 0 Å². The van der Waals surface area contributed by atoms with Gasteiger partial charge in [-0.15, -0.1) is 0 Å². The van der Waals surface area contributed by atoms with Crippen LogP contribution in [0.5, 0.6) is 0 Å². The van der Waals surface area contributed by atoms with Gasteiger partial charge in [0.25, 0.3) is 0 Å². The molecular formula is C35H33NO2. The number of allylic oxidation sites excluding steroid dienone is 1. The number of aryl methyl sites for hydroxylation is 1. The van der Waals surface area contributed by atoms with E-state index >= 15 is 0 Å². The molecule has 0 aliphatic rings. The molecule has 0 spiro atoms. The van der Waals surface area contributed by atoms with Crippen LogP contribution in [0.1, 0.15) is 41.6 Å². The predicted octanol–water partition coefficient (Wildman–Crippen LogP) is 7.36. The molecule has 0 bridgehead atoms. The largest absolute Gasteiger partial charge is 0.463 e. The second-order valence-corrected chi connectivity index (χ2v) is 8.94. The van der Waals surface area contributed by atoms with Gasteiger partial charge in [0, 0.05) is 23.9 Å². The van der Waals surface area contributed by atoms with Crippen LogP contribution in [0.15, 0.2) is 133 Å². The summed E-state index contributed by atoms with van der Waals surface area (Å²) in [7, 11) is 0. The van der Waals surface area contributed by atoms with Crippen molar-refractivity contribution >= 4 is 5.97 Å². The fraction of sp³-hybridized carbons (Fsp3) is 0.171. The zero-order chi connectivity index (χ0) is 26.4. The lowest BCUT2D eigenvalue weighted by molar-refractivity contribution is -0.137. The summed E-state index contributed by atoms with van der Waals surface area (Å²) in [6, 6.07) is 40.7. The highest BCUT2D eigenvalue weighted by Gasteiger charge is 2.23. The maximum atomic E-state index is 12.8. The maximum Gasteiger partial charge on any atom is 0.332 e. The van der Waals surface area contributed by atoms with Gasteiger partial charge in [-0.1, -0.05) is 121 Å². The SMILES string of the molecule is CCOC(=O)/C=C(\CCc1ccccc1)N(Cc1ccccc1)C(C#Cc1ccccc1)c1ccccc1. The van der Waals surface area contributed by atoms with E-state index in [1.807, 2.05) is 91.9 Å². The third-order valence-electron chi connectivity index (χ3n) is 6.20. The minimum absolute atomic E-state index is 0.270. The molecular weight excluding hydrogens is 466 g/mol. The Morgan fingerprint density at radius 3 is 1.95 bits per heavy atom. The summed E-state index contributed by atoms with van der Waals surface area (Å²) >= 11 is 0. The number of benzene rings is 4. The summed E-state index contributed by atoms with van der Waals surface area (Å²) in [5, 5.41) is 0. The molecule has 0 saturated heterocycles. The zero-order valence-electron chi connectivity index (χ0n) is 21.8. The second-order valence-electron chi connectivity index (χ2n) is 8.94. The van der Waals surface area contributed by atoms with E-state index in [-0.39, 0.29) is 12.0 Å². The van der Waals surface area contributed by atoms with Crippen LogP contribution in [-0.4, -0.2) is 17.5 Å². The van der Waals surface area contributed by atoms with Crippen LogP contribution in [0.3, 0.4) is 0 Å². The molecule has 0 aliphatic carbocycles. The topological polar surface area (TPSA) is 29.5 Å². The lowest BCUT2D eigenvalue weighted by Gasteiger charge is -2.33. The molecule has 38 heavy (non-hydrogen) atoms. The lowest BCUT2D eigenvalue weighted by atomic mass is 10.0. The molecule has 0 radical (unpaired) electrons. The van der Waals surface area contributed by atoms with E-state index in [1.165, 1.54) is 5.56 Å². The molecule has 0 amide bonds. The number of esters is 1. The van der Waals surface area contributed by atoms with E-state index in [2.05, 4.69) is 53.1 Å². The van der Waals surface area contributed by atoms with Gasteiger partial charge in [0.2, 0.25) is 0 Å². The molecule has 4 aromatic rings. The fourth-order valence-corrected chi connectivity index (χ4v) is 4.32. The van der Waals surface area contributed by atoms with Crippen molar-refractivity contribution in [2.75, 3.05) is 6.61 Å². The van der Waals surface area contributed by atoms with Crippen LogP contribution in [0, 0.1) is 11.8 Å². The Morgan fingerprint density at radius 2 is 1.34 bits per heavy atom. The molecule has 0 heterocycles. The minimum atomic E-state index is -0.337. The fourth-order valence-electron chi connectivity index (χ4n) is 4.32. The lowest BCUT2D eigenvalue weighted by Crippen LogP contribution is -2.28. The summed E-state index contributed by atoms with van der Waals surface area (Å²) in [6.07, 6.45) is 3.12. The van der Waals surface area contributed by atoms with Crippen molar-refractivity contribution in [3.63, 3.8) is 0 Å². The van der Waals surface area contributed by atoms with Crippen LogP contribution >= 0.6 is 0 Å². The van der Waals surface area contributed by atoms with Crippen LogP contribution in [0.2, 0.25) is 0 Å². The van der Waals surface area contributed by atoms with Gasteiger partial charge in [0.1, 0.15) is 6.04 Å². The van der Waals surface area contributed by atoms with Crippen molar-refractivity contribution in [1.29, 1.82) is 0 Å². The van der Waals surface area contributed by atoms with Gasteiger partial charge in [-0.3, -0.25) is 0 Å². The van der Waals surface area contributed by atoms with Crippen LogP contribution in [-0.2, 0) is 22.5 Å². The number of rotatable bonds is 10. The number of nitrogens with zero attached hydrogens (tertiary/aromatic N) is 1. The zero-order valence-corrected chi connectivity index (χ0v) is 21.8. The first kappa shape index (κ1) is 26.5. The van der Waals surface area contributed by atoms with E-state index < -0.39 is 0 Å². The van der Waals surface area contributed by atoms with Crippen LogP contribution < -0.4 is 0 Å². The summed E-state index contributed by atoms with van der Waals surface area (Å²) < 4.78 is 5.36. The Morgan fingerprint density at radius 1 is 0.789 bits per heavy atom. The van der Waals surface area contributed by atoms with Gasteiger partial charge in [-0.05, 0) is 48.6 Å². The number of hydrogen-bond acceptors (Lipinski definition) is 3. The Balaban J connectivity index is 1.80. The van der Waals surface area contributed by atoms with E-state index in [0.717, 1.165) is 28.8 Å². The van der Waals surface area contributed by atoms with Crippen LogP contribution in [0.25, 0.3) is 0 Å². The number of ether oxygens (including phenoxy) is 1. The minimum Gasteiger partial charge on any atom is -0.463 e. The highest BCUT2D eigenvalue weighted by Crippen LogP contribution is 2.29. The van der Waals surface area contributed by atoms with Crippen molar-refractivity contribution in [3.05, 3.63) is 155 Å². The van der Waals surface area contributed by atoms with E-state index in [0.29, 0.717) is 19.6 Å². The molecule has 3 heteroatoms. The van der Waals surface area contributed by atoms with Crippen molar-refractivity contribution in [2.45, 2.75) is 32.4 Å². The molecule has 0 fully saturated rings. The Bertz CT molecular complexity index is 1350. The Kier molecular flexibility index (Phi) is 9.95. The number of carbonyl (C=O) groups excluding carboxylic acids is 1. The van der Waals surface area contributed by atoms with Gasteiger partial charge in [-0.2, -0.15) is 0 Å². The molecule has 190 valence electrons. The first-order chi connectivity index (χ1) is 18.7. The molecule has 3 nitrogen and oxygen atoms in total. The van der Waals surface area contributed by atoms with Crippen molar-refractivity contribution in [2.24, 2.45) is 0 Å². The van der Waals surface area contributed by atoms with Gasteiger partial charge < -0.3 is 9.64 Å². The van der Waals surface area contributed by atoms with Gasteiger partial charge in [0.15, 0.2) is 0 Å². The second kappa shape index (κ2) is 14.3. The predicted molar refractivity (Wildman–Crippen MR) is 154 cm³/mol. The first-order valence-electron chi connectivity index (χ1n) is 13.1. The van der Waals surface area contributed by atoms with Gasteiger partial charge in [-0.25, -0.2) is 4.79 Å². The number of carbonyl (C=O) groups is 1. The first-order valence-corrected chi connectivity index (χ1v) is 13.1. The highest BCUT2D eigenvalue weighted by molar-refractivity contribution is 5.82. The highest BCUT2D eigenvalue weighted by atomic mass is 16.5. The molecule has 0 N–H and O–H groups in total. The Labute approximate surface area is 226 Å². The standard InChI is InChI=1S/C35H33NO2/c1-2-38-35(37)27-33(25-23-29-15-7-3-8-16-29)36(28-31-19-11-5-12-20-31)34(32-21-13-6-14-22-32)26-24-30-17-9-4-10-18-30/h3-22,27,34H,2,23,25,28H2,1H3/b33-27+. The van der Waals surface area contributed by atoms with E-state index in [9.17, 15) is 4.79 Å². The quantitative estimate of drug-likeness (QED) is 0.130. The molecule has 4 rings (SSSR count). The summed E-state index contributed by atoms with van der Waals surface area (Å²) in [5.74, 6) is 6.58. The van der Waals surface area contributed by atoms with E-state index in [1.54, 1.807) is 6.08 Å². The molecule has 1 atom stereocenters. The smallest absolute Gasteiger partial charge is 0.332 e. The van der Waals surface area contributed by atoms with E-state index in [4.69, 9.17) is 4.74 Å². The molecule has 0 saturated carbocycles. The van der Waals surface area contributed by atoms with Gasteiger partial charge >= 0.3 is 5.97 Å². The molecule has 4 aromatic carbocycles. The third kappa shape index (κ3) is 7.98. The molecule has 0 aliphatic heterocycles. The summed E-state index contributed by atoms with van der Waals surface area (Å²) in [6.45, 7) is 2.76. The van der Waals surface area contributed by atoms with Crippen molar-refractivity contribution in [3.8, 4) is 11.8 Å². The van der Waals surface area contributed by atoms with Gasteiger partial charge in [0.05, 0.1) is 6.61 Å². The molecule has 1 unspecified atom stereocenters. The average Bonchev–Trinajstić information content (AvgIpc) is 2.97. The molecule has 0 aromatic heterocycles. The summed E-state index contributed by atoms with van der Waals surface area (Å²) in [5.41, 5.74) is 5.28. The Hall–Kier alpha value is -4.55. The third-order valence-corrected chi connectivity index (χ3v) is 6.20. The monoisotopic (exact) mass is 499 g/mol. The van der Waals surface area contributed by atoms with Crippen molar-refractivity contribution in [1.82, 2.24) is 4.90 Å².